The summed E-state index contributed by atoms with van der Waals surface area (Å²) in [7, 11) is 0. The molecule has 0 amide bonds. The summed E-state index contributed by atoms with van der Waals surface area (Å²) in [4.78, 5) is 8.29. The van der Waals surface area contributed by atoms with Gasteiger partial charge in [0.25, 0.3) is 0 Å². The van der Waals surface area contributed by atoms with E-state index in [1.807, 2.05) is 6.07 Å². The first-order valence-corrected chi connectivity index (χ1v) is 6.57. The molecule has 1 heterocycles. The quantitative estimate of drug-likeness (QED) is 0.823. The summed E-state index contributed by atoms with van der Waals surface area (Å²) in [5.41, 5.74) is 0. The van der Waals surface area contributed by atoms with Gasteiger partial charge in [-0.05, 0) is 25.2 Å². The molecule has 0 atom stereocenters. The summed E-state index contributed by atoms with van der Waals surface area (Å²) in [6.45, 7) is 3.81. The molecule has 0 aliphatic heterocycles. The van der Waals surface area contributed by atoms with E-state index >= 15 is 0 Å². The third kappa shape index (κ3) is 3.88. The Hall–Kier alpha value is -1.32. The number of hydrogen-bond donors (Lipinski definition) is 1. The molecule has 17 heavy (non-hydrogen) atoms. The van der Waals surface area contributed by atoms with Gasteiger partial charge in [0.15, 0.2) is 0 Å². The Morgan fingerprint density at radius 1 is 1.35 bits per heavy atom. The third-order valence-corrected chi connectivity index (χ3v) is 3.14. The van der Waals surface area contributed by atoms with E-state index in [0.717, 1.165) is 24.7 Å². The molecule has 4 nitrogen and oxygen atoms in total. The fraction of sp³-hybridized carbons (Fsp3) is 0.692. The summed E-state index contributed by atoms with van der Waals surface area (Å²) >= 11 is 0. The zero-order valence-electron chi connectivity index (χ0n) is 10.5. The lowest BCUT2D eigenvalue weighted by molar-refractivity contribution is 0.305. The molecule has 2 rings (SSSR count). The molecule has 1 aliphatic rings. The maximum atomic E-state index is 5.48. The van der Waals surface area contributed by atoms with E-state index in [4.69, 9.17) is 4.74 Å². The molecule has 0 radical (unpaired) electrons. The highest BCUT2D eigenvalue weighted by Crippen LogP contribution is 2.24. The number of aromatic nitrogens is 2. The van der Waals surface area contributed by atoms with Crippen LogP contribution >= 0.6 is 0 Å². The molecule has 0 unspecified atom stereocenters. The molecular formula is C13H21N3O. The van der Waals surface area contributed by atoms with Crippen molar-refractivity contribution < 1.29 is 4.74 Å². The van der Waals surface area contributed by atoms with Crippen LogP contribution in [0.1, 0.15) is 39.0 Å². The zero-order valence-corrected chi connectivity index (χ0v) is 10.5. The Morgan fingerprint density at radius 2 is 2.18 bits per heavy atom. The van der Waals surface area contributed by atoms with Crippen molar-refractivity contribution in [3.8, 4) is 5.88 Å². The van der Waals surface area contributed by atoms with Crippen LogP contribution in [0, 0.1) is 5.92 Å². The number of nitrogens with zero attached hydrogens (tertiary/aromatic N) is 2. The van der Waals surface area contributed by atoms with Gasteiger partial charge >= 0.3 is 0 Å². The molecule has 0 bridgehead atoms. The number of hydrogen-bond acceptors (Lipinski definition) is 4. The van der Waals surface area contributed by atoms with E-state index in [-0.39, 0.29) is 0 Å². The molecule has 94 valence electrons. The summed E-state index contributed by atoms with van der Waals surface area (Å²) in [5.74, 6) is 2.35. The van der Waals surface area contributed by atoms with Crippen molar-refractivity contribution in [2.75, 3.05) is 18.5 Å². The average molecular weight is 235 g/mol. The molecule has 0 spiro atoms. The van der Waals surface area contributed by atoms with E-state index in [9.17, 15) is 0 Å². The summed E-state index contributed by atoms with van der Waals surface area (Å²) < 4.78 is 5.48. The average Bonchev–Trinajstić information content (AvgIpc) is 2.87. The Balaban J connectivity index is 1.82. The van der Waals surface area contributed by atoms with Gasteiger partial charge < -0.3 is 10.1 Å². The second-order valence-corrected chi connectivity index (χ2v) is 4.62. The first kappa shape index (κ1) is 12.1. The van der Waals surface area contributed by atoms with E-state index < -0.39 is 0 Å². The second kappa shape index (κ2) is 6.42. The second-order valence-electron chi connectivity index (χ2n) is 4.62. The molecule has 1 fully saturated rings. The lowest BCUT2D eigenvalue weighted by atomic mass is 10.1. The molecular weight excluding hydrogens is 214 g/mol. The number of ether oxygens (including phenoxy) is 1. The van der Waals surface area contributed by atoms with Crippen LogP contribution < -0.4 is 10.1 Å². The minimum Gasteiger partial charge on any atom is -0.478 e. The fourth-order valence-electron chi connectivity index (χ4n) is 2.19. The van der Waals surface area contributed by atoms with Crippen LogP contribution in [-0.2, 0) is 0 Å². The van der Waals surface area contributed by atoms with Crippen LogP contribution in [-0.4, -0.2) is 23.1 Å². The lowest BCUT2D eigenvalue weighted by Crippen LogP contribution is -2.12. The smallest absolute Gasteiger partial charge is 0.218 e. The SMILES string of the molecule is CCCOc1cc(NCC2CCCC2)ncn1. The Bertz CT molecular complexity index is 337. The standard InChI is InChI=1S/C13H21N3O/c1-2-7-17-13-8-12(15-10-16-13)14-9-11-5-3-4-6-11/h8,10-11H,2-7,9H2,1H3,(H,14,15,16). The molecule has 0 saturated heterocycles. The fourth-order valence-corrected chi connectivity index (χ4v) is 2.19. The minimum absolute atomic E-state index is 0.663. The van der Waals surface area contributed by atoms with E-state index in [1.165, 1.54) is 25.7 Å². The van der Waals surface area contributed by atoms with Gasteiger partial charge in [-0.15, -0.1) is 0 Å². The van der Waals surface area contributed by atoms with Gasteiger partial charge in [-0.1, -0.05) is 19.8 Å². The van der Waals surface area contributed by atoms with Crippen molar-refractivity contribution in [3.05, 3.63) is 12.4 Å². The molecule has 1 N–H and O–H groups in total. The summed E-state index contributed by atoms with van der Waals surface area (Å²) in [6.07, 6.45) is 7.99. The van der Waals surface area contributed by atoms with Crippen molar-refractivity contribution in [1.82, 2.24) is 9.97 Å². The molecule has 1 aromatic rings. The molecule has 4 heteroatoms. The Labute approximate surface area is 103 Å². The molecule has 1 aromatic heterocycles. The monoisotopic (exact) mass is 235 g/mol. The van der Waals surface area contributed by atoms with E-state index in [2.05, 4.69) is 22.2 Å². The largest absolute Gasteiger partial charge is 0.478 e. The van der Waals surface area contributed by atoms with Crippen LogP contribution in [0.4, 0.5) is 5.82 Å². The normalized spacial score (nSPS) is 16.1. The van der Waals surface area contributed by atoms with Gasteiger partial charge in [0.2, 0.25) is 5.88 Å². The number of anilines is 1. The highest BCUT2D eigenvalue weighted by Gasteiger charge is 2.14. The Kier molecular flexibility index (Phi) is 4.59. The Morgan fingerprint density at radius 3 is 2.94 bits per heavy atom. The summed E-state index contributed by atoms with van der Waals surface area (Å²) in [6, 6.07) is 1.88. The topological polar surface area (TPSA) is 47.0 Å². The van der Waals surface area contributed by atoms with Gasteiger partial charge in [0.1, 0.15) is 12.1 Å². The van der Waals surface area contributed by atoms with Crippen molar-refractivity contribution in [2.24, 2.45) is 5.92 Å². The summed E-state index contributed by atoms with van der Waals surface area (Å²) in [5, 5.41) is 3.37. The van der Waals surface area contributed by atoms with Crippen LogP contribution in [0.5, 0.6) is 5.88 Å². The van der Waals surface area contributed by atoms with Crippen molar-refractivity contribution >= 4 is 5.82 Å². The number of nitrogens with one attached hydrogen (secondary N) is 1. The maximum Gasteiger partial charge on any atom is 0.218 e. The van der Waals surface area contributed by atoms with Crippen LogP contribution in [0.2, 0.25) is 0 Å². The molecule has 0 aromatic carbocycles. The van der Waals surface area contributed by atoms with Crippen LogP contribution in [0.3, 0.4) is 0 Å². The predicted octanol–water partition coefficient (Wildman–Crippen LogP) is 2.87. The van der Waals surface area contributed by atoms with E-state index in [1.54, 1.807) is 6.33 Å². The van der Waals surface area contributed by atoms with Crippen LogP contribution in [0.15, 0.2) is 12.4 Å². The van der Waals surface area contributed by atoms with E-state index in [0.29, 0.717) is 12.5 Å². The first-order chi connectivity index (χ1) is 8.38. The lowest BCUT2D eigenvalue weighted by Gasteiger charge is -2.11. The van der Waals surface area contributed by atoms with Gasteiger partial charge in [-0.3, -0.25) is 0 Å². The van der Waals surface area contributed by atoms with Gasteiger partial charge in [0.05, 0.1) is 6.61 Å². The van der Waals surface area contributed by atoms with Crippen LogP contribution in [0.25, 0.3) is 0 Å². The minimum atomic E-state index is 0.663. The van der Waals surface area contributed by atoms with Gasteiger partial charge in [-0.2, -0.15) is 0 Å². The van der Waals surface area contributed by atoms with Crippen molar-refractivity contribution in [2.45, 2.75) is 39.0 Å². The van der Waals surface area contributed by atoms with Gasteiger partial charge in [0, 0.05) is 12.6 Å². The molecule has 1 saturated carbocycles. The first-order valence-electron chi connectivity index (χ1n) is 6.57. The third-order valence-electron chi connectivity index (χ3n) is 3.14. The zero-order chi connectivity index (χ0) is 11.9. The van der Waals surface area contributed by atoms with Crippen molar-refractivity contribution in [3.63, 3.8) is 0 Å². The highest BCUT2D eigenvalue weighted by atomic mass is 16.5. The predicted molar refractivity (Wildman–Crippen MR) is 68.3 cm³/mol. The van der Waals surface area contributed by atoms with Crippen molar-refractivity contribution in [1.29, 1.82) is 0 Å². The van der Waals surface area contributed by atoms with Gasteiger partial charge in [-0.25, -0.2) is 9.97 Å². The number of rotatable bonds is 6. The maximum absolute atomic E-state index is 5.48. The highest BCUT2D eigenvalue weighted by molar-refractivity contribution is 5.37. The molecule has 1 aliphatic carbocycles.